The topological polar surface area (TPSA) is 73.1 Å². The lowest BCUT2D eigenvalue weighted by Crippen LogP contribution is -2.56. The van der Waals surface area contributed by atoms with Crippen molar-refractivity contribution in [3.63, 3.8) is 0 Å². The van der Waals surface area contributed by atoms with Crippen LogP contribution < -0.4 is 0 Å². The zero-order valence-electron chi connectivity index (χ0n) is 12.7. The fraction of sp³-hybridized carbons (Fsp3) is 0.176. The first-order valence-corrected chi connectivity index (χ1v) is 7.28. The standard InChI is InChI=1S/C17H13F3N2O3/c18-17(19,20)16(25)10-14(11-4-2-1-3-5-11)21-22(16)15(24)12-6-8-13(23)9-7-12/h1-9,23,25H,10H2. The molecule has 0 aromatic heterocycles. The molecular formula is C17H13F3N2O3. The smallest absolute Gasteiger partial charge is 0.438 e. The molecule has 5 nitrogen and oxygen atoms in total. The summed E-state index contributed by atoms with van der Waals surface area (Å²) < 4.78 is 40.4. The molecular weight excluding hydrogens is 337 g/mol. The van der Waals surface area contributed by atoms with Gasteiger partial charge in [-0.05, 0) is 29.8 Å². The maximum Gasteiger partial charge on any atom is 0.438 e. The molecule has 1 atom stereocenters. The first-order valence-electron chi connectivity index (χ1n) is 7.28. The molecule has 2 N–H and O–H groups in total. The van der Waals surface area contributed by atoms with Crippen molar-refractivity contribution < 1.29 is 28.2 Å². The number of alkyl halides is 3. The van der Waals surface area contributed by atoms with Crippen molar-refractivity contribution in [1.82, 2.24) is 5.01 Å². The Morgan fingerprint density at radius 3 is 2.24 bits per heavy atom. The summed E-state index contributed by atoms with van der Waals surface area (Å²) in [6.07, 6.45) is -5.97. The summed E-state index contributed by atoms with van der Waals surface area (Å²) in [6.45, 7) is 0. The number of carbonyl (C=O) groups excluding carboxylic acids is 1. The number of hydrogen-bond acceptors (Lipinski definition) is 4. The third kappa shape index (κ3) is 2.96. The highest BCUT2D eigenvalue weighted by molar-refractivity contribution is 6.05. The predicted molar refractivity (Wildman–Crippen MR) is 82.9 cm³/mol. The van der Waals surface area contributed by atoms with E-state index < -0.39 is 24.2 Å². The molecule has 8 heteroatoms. The number of hydrogen-bond donors (Lipinski definition) is 2. The zero-order valence-corrected chi connectivity index (χ0v) is 12.7. The summed E-state index contributed by atoms with van der Waals surface area (Å²) in [5.74, 6) is -1.26. The first-order chi connectivity index (χ1) is 11.7. The van der Waals surface area contributed by atoms with Crippen LogP contribution in [0.2, 0.25) is 0 Å². The first kappa shape index (κ1) is 17.0. The van der Waals surface area contributed by atoms with E-state index in [9.17, 15) is 28.2 Å². The summed E-state index contributed by atoms with van der Waals surface area (Å²) in [5, 5.41) is 23.3. The molecule has 0 saturated heterocycles. The van der Waals surface area contributed by atoms with Crippen LogP contribution >= 0.6 is 0 Å². The quantitative estimate of drug-likeness (QED) is 0.875. The number of aromatic hydroxyl groups is 1. The van der Waals surface area contributed by atoms with Crippen LogP contribution in [0.25, 0.3) is 0 Å². The zero-order chi connectivity index (χ0) is 18.2. The highest BCUT2D eigenvalue weighted by Gasteiger charge is 2.63. The average Bonchev–Trinajstić information content (AvgIpc) is 2.95. The second kappa shape index (κ2) is 5.89. The molecule has 1 aliphatic rings. The Kier molecular flexibility index (Phi) is 4.00. The maximum absolute atomic E-state index is 13.5. The molecule has 0 radical (unpaired) electrons. The number of aliphatic hydroxyl groups is 1. The van der Waals surface area contributed by atoms with Crippen molar-refractivity contribution in [3.05, 3.63) is 65.7 Å². The van der Waals surface area contributed by atoms with Gasteiger partial charge >= 0.3 is 6.18 Å². The number of nitrogens with zero attached hydrogens (tertiary/aromatic N) is 2. The largest absolute Gasteiger partial charge is 0.508 e. The number of halogens is 3. The fourth-order valence-corrected chi connectivity index (χ4v) is 2.50. The molecule has 2 aromatic carbocycles. The number of hydrazone groups is 1. The number of phenolic OH excluding ortho intramolecular Hbond substituents is 1. The number of rotatable bonds is 2. The highest BCUT2D eigenvalue weighted by Crippen LogP contribution is 2.42. The van der Waals surface area contributed by atoms with E-state index in [1.54, 1.807) is 30.3 Å². The molecule has 130 valence electrons. The van der Waals surface area contributed by atoms with Crippen LogP contribution in [0.3, 0.4) is 0 Å². The molecule has 0 spiro atoms. The van der Waals surface area contributed by atoms with E-state index in [1.807, 2.05) is 0 Å². The molecule has 0 bridgehead atoms. The van der Waals surface area contributed by atoms with Crippen LogP contribution in [0, 0.1) is 0 Å². The van der Waals surface area contributed by atoms with Crippen molar-refractivity contribution in [3.8, 4) is 5.75 Å². The molecule has 1 amide bonds. The number of amides is 1. The van der Waals surface area contributed by atoms with Crippen LogP contribution in [0.4, 0.5) is 13.2 Å². The van der Waals surface area contributed by atoms with Crippen molar-refractivity contribution in [1.29, 1.82) is 0 Å². The van der Waals surface area contributed by atoms with E-state index in [0.717, 1.165) is 24.3 Å². The van der Waals surface area contributed by atoms with Gasteiger partial charge in [-0.1, -0.05) is 30.3 Å². The van der Waals surface area contributed by atoms with Gasteiger partial charge in [-0.15, -0.1) is 0 Å². The minimum Gasteiger partial charge on any atom is -0.508 e. The third-order valence-corrected chi connectivity index (χ3v) is 3.85. The number of carbonyl (C=O) groups is 1. The fourth-order valence-electron chi connectivity index (χ4n) is 2.50. The van der Waals surface area contributed by atoms with Crippen LogP contribution in [0.5, 0.6) is 5.75 Å². The number of benzene rings is 2. The molecule has 1 unspecified atom stereocenters. The van der Waals surface area contributed by atoms with Crippen LogP contribution in [-0.2, 0) is 0 Å². The second-order valence-electron chi connectivity index (χ2n) is 5.57. The molecule has 2 aromatic rings. The molecule has 0 fully saturated rings. The van der Waals surface area contributed by atoms with Gasteiger partial charge in [0.25, 0.3) is 11.6 Å². The number of phenols is 1. The molecule has 0 aliphatic carbocycles. The van der Waals surface area contributed by atoms with Gasteiger partial charge in [0, 0.05) is 5.56 Å². The van der Waals surface area contributed by atoms with Crippen molar-refractivity contribution in [2.45, 2.75) is 18.3 Å². The van der Waals surface area contributed by atoms with Gasteiger partial charge in [0.1, 0.15) is 5.75 Å². The van der Waals surface area contributed by atoms with Crippen LogP contribution in [0.15, 0.2) is 59.7 Å². The monoisotopic (exact) mass is 350 g/mol. The summed E-state index contributed by atoms with van der Waals surface area (Å²) in [7, 11) is 0. The van der Waals surface area contributed by atoms with E-state index in [-0.39, 0.29) is 22.0 Å². The van der Waals surface area contributed by atoms with E-state index in [0.29, 0.717) is 5.56 Å². The van der Waals surface area contributed by atoms with Crippen LogP contribution in [-0.4, -0.2) is 38.7 Å². The van der Waals surface area contributed by atoms with E-state index in [4.69, 9.17) is 0 Å². The Morgan fingerprint density at radius 1 is 1.08 bits per heavy atom. The third-order valence-electron chi connectivity index (χ3n) is 3.85. The predicted octanol–water partition coefficient (Wildman–Crippen LogP) is 2.89. The van der Waals surface area contributed by atoms with Gasteiger partial charge in [-0.3, -0.25) is 4.79 Å². The molecule has 1 aliphatic heterocycles. The van der Waals surface area contributed by atoms with Crippen molar-refractivity contribution in [2.75, 3.05) is 0 Å². The SMILES string of the molecule is O=C(c1ccc(O)cc1)N1N=C(c2ccccc2)CC1(O)C(F)(F)F. The van der Waals surface area contributed by atoms with E-state index in [2.05, 4.69) is 5.10 Å². The molecule has 25 heavy (non-hydrogen) atoms. The molecule has 0 saturated carbocycles. The minimum absolute atomic E-state index is 0.0486. The van der Waals surface area contributed by atoms with Crippen LogP contribution in [0.1, 0.15) is 22.3 Å². The molecule has 3 rings (SSSR count). The highest BCUT2D eigenvalue weighted by atomic mass is 19.4. The van der Waals surface area contributed by atoms with Crippen molar-refractivity contribution >= 4 is 11.6 Å². The maximum atomic E-state index is 13.5. The Bertz CT molecular complexity index is 819. The Labute approximate surface area is 140 Å². The van der Waals surface area contributed by atoms with Gasteiger partial charge < -0.3 is 10.2 Å². The van der Waals surface area contributed by atoms with Gasteiger partial charge in [0.05, 0.1) is 12.1 Å². The Morgan fingerprint density at radius 2 is 1.68 bits per heavy atom. The van der Waals surface area contributed by atoms with E-state index in [1.165, 1.54) is 0 Å². The second-order valence-corrected chi connectivity index (χ2v) is 5.57. The summed E-state index contributed by atoms with van der Waals surface area (Å²) in [6, 6.07) is 12.7. The summed E-state index contributed by atoms with van der Waals surface area (Å²) in [4.78, 5) is 12.5. The summed E-state index contributed by atoms with van der Waals surface area (Å²) >= 11 is 0. The summed E-state index contributed by atoms with van der Waals surface area (Å²) in [5.41, 5.74) is -3.25. The normalized spacial score (nSPS) is 20.5. The van der Waals surface area contributed by atoms with Gasteiger partial charge in [0.2, 0.25) is 0 Å². The lowest BCUT2D eigenvalue weighted by atomic mass is 10.0. The Hall–Kier alpha value is -2.87. The Balaban J connectivity index is 2.04. The van der Waals surface area contributed by atoms with E-state index >= 15 is 0 Å². The van der Waals surface area contributed by atoms with Gasteiger partial charge in [-0.25, -0.2) is 0 Å². The molecule has 1 heterocycles. The minimum atomic E-state index is -5.10. The average molecular weight is 350 g/mol. The van der Waals surface area contributed by atoms with Crippen molar-refractivity contribution in [2.24, 2.45) is 5.10 Å². The van der Waals surface area contributed by atoms with Gasteiger partial charge in [-0.2, -0.15) is 23.3 Å². The van der Waals surface area contributed by atoms with Gasteiger partial charge in [0.15, 0.2) is 0 Å². The lowest BCUT2D eigenvalue weighted by Gasteiger charge is -2.32. The lowest BCUT2D eigenvalue weighted by molar-refractivity contribution is -0.297.